The third kappa shape index (κ3) is 6.28. The molecule has 0 saturated carbocycles. The molecule has 0 spiro atoms. The SMILES string of the molecule is C=C(C)CN(CC)C(=O)CNC(C)CC. The molecule has 1 unspecified atom stereocenters. The van der Waals surface area contributed by atoms with Gasteiger partial charge in [-0.3, -0.25) is 4.79 Å². The maximum absolute atomic E-state index is 11.8. The zero-order chi connectivity index (χ0) is 11.8. The molecule has 0 aliphatic rings. The lowest BCUT2D eigenvalue weighted by atomic mass is 10.2. The van der Waals surface area contributed by atoms with Crippen LogP contribution in [0.3, 0.4) is 0 Å². The second-order valence-corrected chi connectivity index (χ2v) is 4.06. The van der Waals surface area contributed by atoms with Crippen molar-refractivity contribution in [2.75, 3.05) is 19.6 Å². The first-order valence-corrected chi connectivity index (χ1v) is 5.66. The van der Waals surface area contributed by atoms with Crippen LogP contribution in [-0.2, 0) is 4.79 Å². The number of nitrogens with one attached hydrogen (secondary N) is 1. The highest BCUT2D eigenvalue weighted by molar-refractivity contribution is 5.78. The standard InChI is InChI=1S/C12H24N2O/c1-6-11(5)13-8-12(15)14(7-2)9-10(3)4/h11,13H,3,6-9H2,1-2,4-5H3. The van der Waals surface area contributed by atoms with Gasteiger partial charge in [-0.1, -0.05) is 19.1 Å². The number of hydrogen-bond acceptors (Lipinski definition) is 2. The van der Waals surface area contributed by atoms with Gasteiger partial charge in [0.15, 0.2) is 0 Å². The number of hydrogen-bond donors (Lipinski definition) is 1. The second-order valence-electron chi connectivity index (χ2n) is 4.06. The average Bonchev–Trinajstić information content (AvgIpc) is 2.21. The van der Waals surface area contributed by atoms with E-state index in [1.807, 2.05) is 18.7 Å². The number of rotatable bonds is 7. The first-order valence-electron chi connectivity index (χ1n) is 5.66. The summed E-state index contributed by atoms with van der Waals surface area (Å²) in [5.74, 6) is 0.154. The highest BCUT2D eigenvalue weighted by Gasteiger charge is 2.11. The van der Waals surface area contributed by atoms with Crippen LogP contribution in [0.25, 0.3) is 0 Å². The van der Waals surface area contributed by atoms with E-state index in [-0.39, 0.29) is 5.91 Å². The van der Waals surface area contributed by atoms with Gasteiger partial charge in [-0.05, 0) is 27.2 Å². The van der Waals surface area contributed by atoms with Gasteiger partial charge in [0, 0.05) is 19.1 Å². The lowest BCUT2D eigenvalue weighted by Gasteiger charge is -2.22. The van der Waals surface area contributed by atoms with Crippen LogP contribution >= 0.6 is 0 Å². The quantitative estimate of drug-likeness (QED) is 0.653. The van der Waals surface area contributed by atoms with E-state index in [4.69, 9.17) is 0 Å². The fourth-order valence-electron chi connectivity index (χ4n) is 1.22. The molecule has 88 valence electrons. The third-order valence-electron chi connectivity index (χ3n) is 2.41. The highest BCUT2D eigenvalue weighted by Crippen LogP contribution is 1.96. The first kappa shape index (κ1) is 14.2. The van der Waals surface area contributed by atoms with E-state index in [1.54, 1.807) is 0 Å². The van der Waals surface area contributed by atoms with E-state index < -0.39 is 0 Å². The maximum atomic E-state index is 11.8. The molecule has 0 rings (SSSR count). The molecule has 0 bridgehead atoms. The monoisotopic (exact) mass is 212 g/mol. The van der Waals surface area contributed by atoms with Gasteiger partial charge in [0.05, 0.1) is 6.54 Å². The molecule has 0 aromatic heterocycles. The Morgan fingerprint density at radius 1 is 1.47 bits per heavy atom. The minimum absolute atomic E-state index is 0.154. The van der Waals surface area contributed by atoms with Crippen molar-refractivity contribution in [3.05, 3.63) is 12.2 Å². The van der Waals surface area contributed by atoms with Gasteiger partial charge in [-0.25, -0.2) is 0 Å². The fraction of sp³-hybridized carbons (Fsp3) is 0.750. The van der Waals surface area contributed by atoms with Crippen LogP contribution in [0.5, 0.6) is 0 Å². The van der Waals surface area contributed by atoms with Crippen molar-refractivity contribution in [3.63, 3.8) is 0 Å². The molecule has 3 nitrogen and oxygen atoms in total. The van der Waals surface area contributed by atoms with E-state index in [0.29, 0.717) is 19.1 Å². The van der Waals surface area contributed by atoms with Crippen LogP contribution in [-0.4, -0.2) is 36.5 Å². The molecule has 0 aliphatic carbocycles. The van der Waals surface area contributed by atoms with Crippen LogP contribution in [0.15, 0.2) is 12.2 Å². The van der Waals surface area contributed by atoms with Gasteiger partial charge in [0.2, 0.25) is 5.91 Å². The second kappa shape index (κ2) is 7.46. The van der Waals surface area contributed by atoms with Crippen molar-refractivity contribution >= 4 is 5.91 Å². The van der Waals surface area contributed by atoms with Crippen LogP contribution in [0.1, 0.15) is 34.1 Å². The molecule has 1 N–H and O–H groups in total. The number of amides is 1. The molecule has 1 amide bonds. The largest absolute Gasteiger partial charge is 0.338 e. The zero-order valence-corrected chi connectivity index (χ0v) is 10.5. The van der Waals surface area contributed by atoms with Crippen LogP contribution in [0.4, 0.5) is 0 Å². The van der Waals surface area contributed by atoms with E-state index in [2.05, 4.69) is 25.7 Å². The molecule has 15 heavy (non-hydrogen) atoms. The first-order chi connectivity index (χ1) is 7.01. The van der Waals surface area contributed by atoms with Crippen molar-refractivity contribution in [1.82, 2.24) is 10.2 Å². The lowest BCUT2D eigenvalue weighted by Crippen LogP contribution is -2.41. The predicted octanol–water partition coefficient (Wildman–Crippen LogP) is 1.80. The summed E-state index contributed by atoms with van der Waals surface area (Å²) in [6.45, 7) is 13.8. The van der Waals surface area contributed by atoms with Gasteiger partial charge >= 0.3 is 0 Å². The minimum Gasteiger partial charge on any atom is -0.338 e. The molecule has 0 aromatic rings. The van der Waals surface area contributed by atoms with Gasteiger partial charge < -0.3 is 10.2 Å². The van der Waals surface area contributed by atoms with Crippen molar-refractivity contribution in [3.8, 4) is 0 Å². The highest BCUT2D eigenvalue weighted by atomic mass is 16.2. The van der Waals surface area contributed by atoms with Crippen molar-refractivity contribution in [2.24, 2.45) is 0 Å². The van der Waals surface area contributed by atoms with E-state index in [9.17, 15) is 4.79 Å². The topological polar surface area (TPSA) is 32.3 Å². The normalized spacial score (nSPS) is 12.3. The fourth-order valence-corrected chi connectivity index (χ4v) is 1.22. The Hall–Kier alpha value is -0.830. The molecule has 1 atom stereocenters. The Kier molecular flexibility index (Phi) is 7.05. The summed E-state index contributed by atoms with van der Waals surface area (Å²) >= 11 is 0. The van der Waals surface area contributed by atoms with E-state index >= 15 is 0 Å². The Morgan fingerprint density at radius 3 is 2.47 bits per heavy atom. The molecular weight excluding hydrogens is 188 g/mol. The number of carbonyl (C=O) groups is 1. The summed E-state index contributed by atoms with van der Waals surface area (Å²) in [6, 6.07) is 0.400. The van der Waals surface area contributed by atoms with Crippen LogP contribution in [0.2, 0.25) is 0 Å². The van der Waals surface area contributed by atoms with Gasteiger partial charge in [-0.2, -0.15) is 0 Å². The van der Waals surface area contributed by atoms with Crippen LogP contribution < -0.4 is 5.32 Å². The Balaban J connectivity index is 3.99. The molecule has 0 aromatic carbocycles. The molecule has 0 radical (unpaired) electrons. The zero-order valence-electron chi connectivity index (χ0n) is 10.5. The molecular formula is C12H24N2O. The smallest absolute Gasteiger partial charge is 0.236 e. The number of likely N-dealkylation sites (N-methyl/N-ethyl adjacent to an activating group) is 1. The van der Waals surface area contributed by atoms with Gasteiger partial charge in [0.1, 0.15) is 0 Å². The minimum atomic E-state index is 0.154. The van der Waals surface area contributed by atoms with Crippen molar-refractivity contribution in [1.29, 1.82) is 0 Å². The summed E-state index contributed by atoms with van der Waals surface area (Å²) in [5, 5.41) is 3.20. The molecule has 0 fully saturated rings. The third-order valence-corrected chi connectivity index (χ3v) is 2.41. The molecule has 0 heterocycles. The maximum Gasteiger partial charge on any atom is 0.236 e. The Bertz CT molecular complexity index is 214. The predicted molar refractivity (Wildman–Crippen MR) is 64.8 cm³/mol. The summed E-state index contributed by atoms with van der Waals surface area (Å²) in [6.07, 6.45) is 1.04. The molecule has 0 saturated heterocycles. The summed E-state index contributed by atoms with van der Waals surface area (Å²) in [4.78, 5) is 13.6. The molecule has 3 heteroatoms. The lowest BCUT2D eigenvalue weighted by molar-refractivity contribution is -0.129. The Morgan fingerprint density at radius 2 is 2.07 bits per heavy atom. The van der Waals surface area contributed by atoms with E-state index in [0.717, 1.165) is 18.5 Å². The summed E-state index contributed by atoms with van der Waals surface area (Å²) in [5.41, 5.74) is 1.02. The number of nitrogens with zero attached hydrogens (tertiary/aromatic N) is 1. The van der Waals surface area contributed by atoms with Crippen molar-refractivity contribution < 1.29 is 4.79 Å². The average molecular weight is 212 g/mol. The summed E-state index contributed by atoms with van der Waals surface area (Å²) < 4.78 is 0. The van der Waals surface area contributed by atoms with Gasteiger partial charge in [-0.15, -0.1) is 0 Å². The van der Waals surface area contributed by atoms with E-state index in [1.165, 1.54) is 0 Å². The Labute approximate surface area is 93.5 Å². The molecule has 0 aliphatic heterocycles. The number of carbonyl (C=O) groups excluding carboxylic acids is 1. The van der Waals surface area contributed by atoms with Gasteiger partial charge in [0.25, 0.3) is 0 Å². The summed E-state index contributed by atoms with van der Waals surface area (Å²) in [7, 11) is 0. The van der Waals surface area contributed by atoms with Crippen LogP contribution in [0, 0.1) is 0 Å². The van der Waals surface area contributed by atoms with Crippen molar-refractivity contribution in [2.45, 2.75) is 40.2 Å².